The van der Waals surface area contributed by atoms with Crippen molar-refractivity contribution in [2.24, 2.45) is 5.92 Å². The topological polar surface area (TPSA) is 133 Å². The largest absolute Gasteiger partial charge is 0.478 e. The second kappa shape index (κ2) is 11.2. The molecule has 0 spiro atoms. The third kappa shape index (κ3) is 6.15. The zero-order valence-corrected chi connectivity index (χ0v) is 20.8. The molecule has 0 aromatic heterocycles. The van der Waals surface area contributed by atoms with Crippen LogP contribution in [0.25, 0.3) is 10.8 Å². The van der Waals surface area contributed by atoms with Crippen LogP contribution in [0.2, 0.25) is 0 Å². The van der Waals surface area contributed by atoms with Crippen LogP contribution in [0.1, 0.15) is 92.8 Å². The SMILES string of the molecule is O=C(O)c1ccc(C(=O)NC2CCC(C(F)(F)F)CC2)c2c(C(=O)O)ccc(C(=O)NC3CCC(F)CC3)c12. The van der Waals surface area contributed by atoms with E-state index < -0.39 is 59.2 Å². The summed E-state index contributed by atoms with van der Waals surface area (Å²) in [5, 5.41) is 24.6. The molecular weight excluding hydrogens is 524 g/mol. The minimum absolute atomic E-state index is 0.0711. The third-order valence-corrected chi connectivity index (χ3v) is 7.63. The second-order valence-corrected chi connectivity index (χ2v) is 10.2. The number of carbonyl (C=O) groups is 4. The molecule has 0 aliphatic heterocycles. The number of benzene rings is 2. The quantitative estimate of drug-likeness (QED) is 0.369. The average Bonchev–Trinajstić information content (AvgIpc) is 2.88. The van der Waals surface area contributed by atoms with E-state index in [4.69, 9.17) is 0 Å². The molecule has 0 radical (unpaired) electrons. The molecule has 0 bridgehead atoms. The van der Waals surface area contributed by atoms with Crippen molar-refractivity contribution in [3.63, 3.8) is 0 Å². The zero-order chi connectivity index (χ0) is 28.5. The number of alkyl halides is 4. The van der Waals surface area contributed by atoms with Gasteiger partial charge in [0, 0.05) is 34.0 Å². The maximum Gasteiger partial charge on any atom is 0.391 e. The van der Waals surface area contributed by atoms with E-state index in [0.717, 1.165) is 18.2 Å². The number of hydrogen-bond acceptors (Lipinski definition) is 4. The Hall–Kier alpha value is -3.70. The Bertz CT molecular complexity index is 1300. The van der Waals surface area contributed by atoms with Crippen molar-refractivity contribution in [3.8, 4) is 0 Å². The molecule has 2 aliphatic carbocycles. The molecule has 4 rings (SSSR count). The molecule has 0 unspecified atom stereocenters. The maximum absolute atomic E-state index is 13.5. The van der Waals surface area contributed by atoms with Gasteiger partial charge in [-0.05, 0) is 75.6 Å². The summed E-state index contributed by atoms with van der Waals surface area (Å²) in [6, 6.07) is 3.57. The van der Waals surface area contributed by atoms with E-state index in [1.807, 2.05) is 0 Å². The fraction of sp³-hybridized carbons (Fsp3) is 0.481. The smallest absolute Gasteiger partial charge is 0.391 e. The minimum Gasteiger partial charge on any atom is -0.478 e. The van der Waals surface area contributed by atoms with E-state index >= 15 is 0 Å². The monoisotopic (exact) mass is 552 g/mol. The van der Waals surface area contributed by atoms with E-state index in [-0.39, 0.29) is 66.5 Å². The molecule has 2 amide bonds. The minimum atomic E-state index is -4.32. The van der Waals surface area contributed by atoms with Gasteiger partial charge in [0.1, 0.15) is 6.17 Å². The lowest BCUT2D eigenvalue weighted by Crippen LogP contribution is -2.40. The summed E-state index contributed by atoms with van der Waals surface area (Å²) in [7, 11) is 0. The highest BCUT2D eigenvalue weighted by molar-refractivity contribution is 6.23. The van der Waals surface area contributed by atoms with Crippen LogP contribution in [0.4, 0.5) is 17.6 Å². The first kappa shape index (κ1) is 28.3. The molecule has 2 saturated carbocycles. The average molecular weight is 553 g/mol. The summed E-state index contributed by atoms with van der Waals surface area (Å²) in [4.78, 5) is 50.7. The summed E-state index contributed by atoms with van der Waals surface area (Å²) in [6.07, 6.45) is -4.18. The Morgan fingerprint density at radius 1 is 0.641 bits per heavy atom. The first-order valence-electron chi connectivity index (χ1n) is 12.8. The number of halogens is 4. The van der Waals surface area contributed by atoms with Crippen molar-refractivity contribution in [2.45, 2.75) is 75.8 Å². The van der Waals surface area contributed by atoms with Crippen molar-refractivity contribution in [3.05, 3.63) is 46.5 Å². The van der Waals surface area contributed by atoms with Gasteiger partial charge in [-0.15, -0.1) is 0 Å². The Morgan fingerprint density at radius 2 is 1.00 bits per heavy atom. The molecule has 2 fully saturated rings. The van der Waals surface area contributed by atoms with Gasteiger partial charge >= 0.3 is 18.1 Å². The first-order chi connectivity index (χ1) is 18.4. The lowest BCUT2D eigenvalue weighted by atomic mass is 9.85. The second-order valence-electron chi connectivity index (χ2n) is 10.2. The number of carboxylic acid groups (broad SMARTS) is 2. The summed E-state index contributed by atoms with van der Waals surface area (Å²) >= 11 is 0. The van der Waals surface area contributed by atoms with Crippen molar-refractivity contribution < 1.29 is 47.0 Å². The maximum atomic E-state index is 13.5. The number of carbonyl (C=O) groups excluding carboxylic acids is 2. The highest BCUT2D eigenvalue weighted by Gasteiger charge is 2.41. The predicted molar refractivity (Wildman–Crippen MR) is 132 cm³/mol. The van der Waals surface area contributed by atoms with Crippen molar-refractivity contribution in [1.82, 2.24) is 10.6 Å². The molecule has 8 nitrogen and oxygen atoms in total. The van der Waals surface area contributed by atoms with Crippen molar-refractivity contribution in [1.29, 1.82) is 0 Å². The summed E-state index contributed by atoms with van der Waals surface area (Å²) < 4.78 is 52.6. The van der Waals surface area contributed by atoms with Crippen molar-refractivity contribution >= 4 is 34.5 Å². The molecule has 2 aromatic carbocycles. The summed E-state index contributed by atoms with van der Waals surface area (Å²) in [5.74, 6) is -5.85. The molecule has 4 N–H and O–H groups in total. The van der Waals surface area contributed by atoms with Gasteiger partial charge in [0.2, 0.25) is 0 Å². The van der Waals surface area contributed by atoms with Crippen LogP contribution < -0.4 is 10.6 Å². The van der Waals surface area contributed by atoms with E-state index in [0.29, 0.717) is 12.8 Å². The zero-order valence-electron chi connectivity index (χ0n) is 20.8. The Kier molecular flexibility index (Phi) is 8.12. The van der Waals surface area contributed by atoms with Crippen LogP contribution >= 0.6 is 0 Å². The van der Waals surface area contributed by atoms with Gasteiger partial charge in [0.15, 0.2) is 0 Å². The van der Waals surface area contributed by atoms with Crippen LogP contribution in [0.5, 0.6) is 0 Å². The summed E-state index contributed by atoms with van der Waals surface area (Å²) in [5.41, 5.74) is -1.17. The number of rotatable bonds is 6. The predicted octanol–water partition coefficient (Wildman–Crippen LogP) is 5.10. The lowest BCUT2D eigenvalue weighted by molar-refractivity contribution is -0.182. The van der Waals surface area contributed by atoms with Crippen LogP contribution in [0.3, 0.4) is 0 Å². The molecule has 0 heterocycles. The normalized spacial score (nSPS) is 23.7. The van der Waals surface area contributed by atoms with E-state index in [2.05, 4.69) is 10.6 Å². The molecule has 0 saturated heterocycles. The number of aromatic carboxylic acids is 2. The van der Waals surface area contributed by atoms with Gasteiger partial charge in [0.05, 0.1) is 17.0 Å². The Morgan fingerprint density at radius 3 is 1.36 bits per heavy atom. The number of nitrogens with one attached hydrogen (secondary N) is 2. The molecule has 0 atom stereocenters. The van der Waals surface area contributed by atoms with Crippen LogP contribution in [-0.2, 0) is 0 Å². The fourth-order valence-electron chi connectivity index (χ4n) is 5.52. The molecule has 12 heteroatoms. The molecule has 2 aliphatic rings. The van der Waals surface area contributed by atoms with Gasteiger partial charge in [-0.2, -0.15) is 13.2 Å². The van der Waals surface area contributed by atoms with E-state index in [9.17, 15) is 47.0 Å². The molecule has 2 aromatic rings. The summed E-state index contributed by atoms with van der Waals surface area (Å²) in [6.45, 7) is 0. The third-order valence-electron chi connectivity index (χ3n) is 7.63. The highest BCUT2D eigenvalue weighted by atomic mass is 19.4. The van der Waals surface area contributed by atoms with E-state index in [1.54, 1.807) is 0 Å². The van der Waals surface area contributed by atoms with Crippen LogP contribution in [0.15, 0.2) is 24.3 Å². The van der Waals surface area contributed by atoms with Crippen molar-refractivity contribution in [2.75, 3.05) is 0 Å². The Labute approximate surface area is 220 Å². The number of hydrogen-bond donors (Lipinski definition) is 4. The Balaban J connectivity index is 1.71. The highest BCUT2D eigenvalue weighted by Crippen LogP contribution is 2.38. The van der Waals surface area contributed by atoms with Gasteiger partial charge < -0.3 is 20.8 Å². The lowest BCUT2D eigenvalue weighted by Gasteiger charge is -2.30. The van der Waals surface area contributed by atoms with E-state index in [1.165, 1.54) is 6.07 Å². The van der Waals surface area contributed by atoms with Gasteiger partial charge in [0.25, 0.3) is 11.8 Å². The first-order valence-corrected chi connectivity index (χ1v) is 12.8. The standard InChI is InChI=1S/C27H28F4N2O6/c28-14-3-7-16(8-4-14)33-24(35)18-10-12-19(25(36)37)21-17(9-11-20(22(18)21)26(38)39)23(34)32-15-5-1-13(2-6-15)27(29,30)31/h9-16H,1-8H2,(H,32,34)(H,33,35)(H,36,37)(H,38,39). The number of fused-ring (bicyclic) bond motifs is 1. The van der Waals surface area contributed by atoms with Gasteiger partial charge in [-0.25, -0.2) is 14.0 Å². The molecule has 39 heavy (non-hydrogen) atoms. The molecular formula is C27H28F4N2O6. The van der Waals surface area contributed by atoms with Crippen LogP contribution in [0, 0.1) is 5.92 Å². The number of amides is 2. The van der Waals surface area contributed by atoms with Crippen LogP contribution in [-0.4, -0.2) is 58.4 Å². The fourth-order valence-corrected chi connectivity index (χ4v) is 5.52. The van der Waals surface area contributed by atoms with Gasteiger partial charge in [-0.3, -0.25) is 9.59 Å². The number of carboxylic acids is 2. The molecule has 210 valence electrons. The van der Waals surface area contributed by atoms with Gasteiger partial charge in [-0.1, -0.05) is 0 Å².